The average Bonchev–Trinajstić information content (AvgIpc) is 2.87. The Morgan fingerprint density at radius 2 is 1.63 bits per heavy atom. The van der Waals surface area contributed by atoms with E-state index in [0.717, 1.165) is 18.7 Å². The van der Waals surface area contributed by atoms with Gasteiger partial charge >= 0.3 is 0 Å². The van der Waals surface area contributed by atoms with Crippen molar-refractivity contribution in [2.24, 2.45) is 0 Å². The summed E-state index contributed by atoms with van der Waals surface area (Å²) in [5, 5.41) is 3.94. The van der Waals surface area contributed by atoms with E-state index >= 15 is 0 Å². The Bertz CT molecular complexity index is 1140. The van der Waals surface area contributed by atoms with E-state index in [-0.39, 0.29) is 17.9 Å². The van der Waals surface area contributed by atoms with Crippen LogP contribution in [-0.4, -0.2) is 53.9 Å². The van der Waals surface area contributed by atoms with Gasteiger partial charge in [0, 0.05) is 54.0 Å². The molecule has 0 radical (unpaired) electrons. The highest BCUT2D eigenvalue weighted by atomic mass is 35.5. The minimum atomic E-state index is -0.125. The van der Waals surface area contributed by atoms with Crippen LogP contribution in [-0.2, 0) is 6.42 Å². The molecule has 1 aromatic heterocycles. The van der Waals surface area contributed by atoms with Crippen LogP contribution in [0, 0.1) is 0 Å². The minimum Gasteiger partial charge on any atom is -0.353 e. The van der Waals surface area contributed by atoms with Gasteiger partial charge in [-0.2, -0.15) is 0 Å². The molecule has 2 aromatic carbocycles. The van der Waals surface area contributed by atoms with Gasteiger partial charge in [0.15, 0.2) is 0 Å². The summed E-state index contributed by atoms with van der Waals surface area (Å²) in [6.07, 6.45) is 3.39. The summed E-state index contributed by atoms with van der Waals surface area (Å²) in [6, 6.07) is 18.8. The molecule has 2 amide bonds. The van der Waals surface area contributed by atoms with E-state index in [1.807, 2.05) is 31.2 Å². The van der Waals surface area contributed by atoms with E-state index in [9.17, 15) is 9.59 Å². The van der Waals surface area contributed by atoms with Gasteiger partial charge in [0.1, 0.15) is 5.82 Å². The number of aromatic nitrogens is 1. The van der Waals surface area contributed by atoms with Crippen LogP contribution in [0.25, 0.3) is 0 Å². The molecule has 1 N–H and O–H groups in total. The molecule has 1 atom stereocenters. The summed E-state index contributed by atoms with van der Waals surface area (Å²) in [6.45, 7) is 4.43. The monoisotopic (exact) mass is 510 g/mol. The predicted octanol–water partition coefficient (Wildman–Crippen LogP) is 5.10. The van der Waals surface area contributed by atoms with Crippen molar-refractivity contribution in [1.29, 1.82) is 0 Å². The Labute approximate surface area is 215 Å². The molecule has 0 aliphatic carbocycles. The van der Waals surface area contributed by atoms with Gasteiger partial charge in [0.25, 0.3) is 11.8 Å². The Kier molecular flexibility index (Phi) is 8.26. The Balaban J connectivity index is 1.27. The third-order valence-electron chi connectivity index (χ3n) is 6.10. The summed E-state index contributed by atoms with van der Waals surface area (Å²) in [4.78, 5) is 33.8. The lowest BCUT2D eigenvalue weighted by atomic mass is 10.1. The fourth-order valence-corrected chi connectivity index (χ4v) is 4.64. The molecule has 3 aromatic rings. The molecule has 1 aliphatic heterocycles. The van der Waals surface area contributed by atoms with Crippen molar-refractivity contribution in [3.8, 4) is 0 Å². The first-order valence-corrected chi connectivity index (χ1v) is 12.5. The van der Waals surface area contributed by atoms with E-state index in [1.165, 1.54) is 5.56 Å². The molecule has 182 valence electrons. The van der Waals surface area contributed by atoms with Crippen molar-refractivity contribution in [3.63, 3.8) is 0 Å². The van der Waals surface area contributed by atoms with Gasteiger partial charge in [-0.05, 0) is 55.7 Å². The third kappa shape index (κ3) is 6.74. The molecule has 6 nitrogen and oxygen atoms in total. The number of anilines is 1. The van der Waals surface area contributed by atoms with Gasteiger partial charge in [-0.25, -0.2) is 4.98 Å². The summed E-state index contributed by atoms with van der Waals surface area (Å²) in [5.41, 5.74) is 2.28. The number of piperazine rings is 1. The Morgan fingerprint density at radius 3 is 2.26 bits per heavy atom. The molecule has 0 bridgehead atoms. The smallest absolute Gasteiger partial charge is 0.254 e. The number of nitrogens with one attached hydrogen (secondary N) is 1. The molecule has 1 aliphatic rings. The van der Waals surface area contributed by atoms with E-state index in [0.29, 0.717) is 47.4 Å². The number of rotatable bonds is 7. The fourth-order valence-electron chi connectivity index (χ4n) is 4.11. The zero-order chi connectivity index (χ0) is 24.8. The van der Waals surface area contributed by atoms with Crippen molar-refractivity contribution in [2.45, 2.75) is 25.8 Å². The molecule has 1 fully saturated rings. The van der Waals surface area contributed by atoms with Crippen LogP contribution in [0.2, 0.25) is 10.0 Å². The highest BCUT2D eigenvalue weighted by Gasteiger charge is 2.23. The van der Waals surface area contributed by atoms with Gasteiger partial charge in [-0.15, -0.1) is 0 Å². The highest BCUT2D eigenvalue weighted by Crippen LogP contribution is 2.21. The zero-order valence-electron chi connectivity index (χ0n) is 19.6. The third-order valence-corrected chi connectivity index (χ3v) is 6.53. The highest BCUT2D eigenvalue weighted by molar-refractivity contribution is 6.35. The number of amides is 2. The number of carbonyl (C=O) groups excluding carboxylic acids is 2. The normalized spacial score (nSPS) is 14.5. The molecule has 2 heterocycles. The van der Waals surface area contributed by atoms with E-state index in [1.54, 1.807) is 35.4 Å². The number of hydrogen-bond donors (Lipinski definition) is 1. The number of nitrogens with zero attached hydrogens (tertiary/aromatic N) is 3. The lowest BCUT2D eigenvalue weighted by molar-refractivity contribution is 0.0746. The lowest BCUT2D eigenvalue weighted by Gasteiger charge is -2.35. The summed E-state index contributed by atoms with van der Waals surface area (Å²) in [7, 11) is 0. The molecule has 4 rings (SSSR count). The van der Waals surface area contributed by atoms with Gasteiger partial charge < -0.3 is 15.1 Å². The van der Waals surface area contributed by atoms with E-state index < -0.39 is 0 Å². The standard InChI is InChI=1S/C27H28Cl2N4O2/c1-19(7-8-20-5-3-2-4-6-20)31-26(34)21-9-10-25(30-18-21)32-11-13-33(14-12-32)27(35)22-15-23(28)17-24(29)16-22/h2-6,9-10,15-19H,7-8,11-14H2,1H3,(H,31,34). The first-order valence-electron chi connectivity index (χ1n) is 11.7. The number of benzene rings is 2. The average molecular weight is 511 g/mol. The van der Waals surface area contributed by atoms with Gasteiger partial charge in [0.2, 0.25) is 0 Å². The number of hydrogen-bond acceptors (Lipinski definition) is 4. The molecule has 1 unspecified atom stereocenters. The number of pyridine rings is 1. The minimum absolute atomic E-state index is 0.0578. The number of halogens is 2. The molecule has 0 spiro atoms. The summed E-state index contributed by atoms with van der Waals surface area (Å²) >= 11 is 12.1. The maximum Gasteiger partial charge on any atom is 0.254 e. The fraction of sp³-hybridized carbons (Fsp3) is 0.296. The first-order chi connectivity index (χ1) is 16.9. The summed E-state index contributed by atoms with van der Waals surface area (Å²) in [5.74, 6) is 0.576. The molecule has 35 heavy (non-hydrogen) atoms. The topological polar surface area (TPSA) is 65.5 Å². The van der Waals surface area contributed by atoms with Crippen LogP contribution in [0.3, 0.4) is 0 Å². The SMILES string of the molecule is CC(CCc1ccccc1)NC(=O)c1ccc(N2CCN(C(=O)c3cc(Cl)cc(Cl)c3)CC2)nc1. The van der Waals surface area contributed by atoms with Crippen molar-refractivity contribution < 1.29 is 9.59 Å². The quantitative estimate of drug-likeness (QED) is 0.480. The molecule has 0 saturated carbocycles. The van der Waals surface area contributed by atoms with Gasteiger partial charge in [-0.3, -0.25) is 9.59 Å². The second-order valence-corrected chi connectivity index (χ2v) is 9.61. The molecular formula is C27H28Cl2N4O2. The maximum absolute atomic E-state index is 12.8. The maximum atomic E-state index is 12.8. The van der Waals surface area contributed by atoms with Gasteiger partial charge in [0.05, 0.1) is 5.56 Å². The Morgan fingerprint density at radius 1 is 0.943 bits per heavy atom. The second kappa shape index (κ2) is 11.6. The van der Waals surface area contributed by atoms with Crippen LogP contribution in [0.1, 0.15) is 39.6 Å². The number of aryl methyl sites for hydroxylation is 1. The molecule has 1 saturated heterocycles. The van der Waals surface area contributed by atoms with Crippen LogP contribution in [0.4, 0.5) is 5.82 Å². The molecule has 8 heteroatoms. The Hall–Kier alpha value is -3.09. The van der Waals surface area contributed by atoms with Crippen molar-refractivity contribution in [1.82, 2.24) is 15.2 Å². The van der Waals surface area contributed by atoms with Crippen LogP contribution < -0.4 is 10.2 Å². The second-order valence-electron chi connectivity index (χ2n) is 8.74. The van der Waals surface area contributed by atoms with Crippen molar-refractivity contribution >= 4 is 40.8 Å². The zero-order valence-corrected chi connectivity index (χ0v) is 21.1. The van der Waals surface area contributed by atoms with E-state index in [4.69, 9.17) is 23.2 Å². The van der Waals surface area contributed by atoms with Crippen LogP contribution >= 0.6 is 23.2 Å². The van der Waals surface area contributed by atoms with Crippen molar-refractivity contribution in [2.75, 3.05) is 31.1 Å². The molecular weight excluding hydrogens is 483 g/mol. The summed E-state index contributed by atoms with van der Waals surface area (Å²) < 4.78 is 0. The lowest BCUT2D eigenvalue weighted by Crippen LogP contribution is -2.49. The van der Waals surface area contributed by atoms with Crippen LogP contribution in [0.5, 0.6) is 0 Å². The predicted molar refractivity (Wildman–Crippen MR) is 141 cm³/mol. The largest absolute Gasteiger partial charge is 0.353 e. The van der Waals surface area contributed by atoms with Crippen LogP contribution in [0.15, 0.2) is 66.9 Å². The van der Waals surface area contributed by atoms with E-state index in [2.05, 4.69) is 27.3 Å². The van der Waals surface area contributed by atoms with Crippen molar-refractivity contribution in [3.05, 3.63) is 93.6 Å². The number of carbonyl (C=O) groups is 2. The first kappa shape index (κ1) is 25.0. The van der Waals surface area contributed by atoms with Gasteiger partial charge in [-0.1, -0.05) is 53.5 Å².